The lowest BCUT2D eigenvalue weighted by Crippen LogP contribution is -2.13. The Bertz CT molecular complexity index is 662. The molecule has 3 N–H and O–H groups in total. The molecule has 7 nitrogen and oxygen atoms in total. The molecular weight excluding hydrogens is 296 g/mol. The van der Waals surface area contributed by atoms with Crippen molar-refractivity contribution in [2.75, 3.05) is 18.5 Å². The molecule has 0 atom stereocenters. The van der Waals surface area contributed by atoms with Crippen LogP contribution in [-0.2, 0) is 0 Å². The zero-order valence-electron chi connectivity index (χ0n) is 12.6. The molecule has 1 aromatic carbocycles. The van der Waals surface area contributed by atoms with Crippen molar-refractivity contribution in [3.63, 3.8) is 0 Å². The molecule has 0 spiro atoms. The molecule has 0 saturated heterocycles. The van der Waals surface area contributed by atoms with Gasteiger partial charge in [0.05, 0.1) is 12.2 Å². The van der Waals surface area contributed by atoms with Gasteiger partial charge in [0.2, 0.25) is 0 Å². The number of hydrogen-bond donors (Lipinski definition) is 2. The topological polar surface area (TPSA) is 107 Å². The predicted octanol–water partition coefficient (Wildman–Crippen LogP) is 2.85. The molecule has 0 radical (unpaired) electrons. The van der Waals surface area contributed by atoms with E-state index in [1.807, 2.05) is 0 Å². The zero-order chi connectivity index (χ0) is 16.5. The van der Waals surface area contributed by atoms with Crippen LogP contribution in [0.1, 0.15) is 23.2 Å². The first-order chi connectivity index (χ1) is 11.2. The fraction of sp³-hybridized carbons (Fsp3) is 0.250. The molecule has 7 heteroatoms. The summed E-state index contributed by atoms with van der Waals surface area (Å²) >= 11 is 0. The molecule has 0 aliphatic heterocycles. The Hall–Kier alpha value is -2.80. The lowest BCUT2D eigenvalue weighted by molar-refractivity contribution is 0.102. The largest absolute Gasteiger partial charge is 0.494 e. The highest BCUT2D eigenvalue weighted by Crippen LogP contribution is 2.25. The van der Waals surface area contributed by atoms with Crippen molar-refractivity contribution in [2.24, 2.45) is 10.9 Å². The van der Waals surface area contributed by atoms with Gasteiger partial charge in [0.15, 0.2) is 0 Å². The summed E-state index contributed by atoms with van der Waals surface area (Å²) in [4.78, 5) is 27.2. The van der Waals surface area contributed by atoms with Gasteiger partial charge in [0.1, 0.15) is 17.3 Å². The summed E-state index contributed by atoms with van der Waals surface area (Å²) in [7, 11) is 0. The minimum absolute atomic E-state index is 0.0488. The van der Waals surface area contributed by atoms with E-state index in [-0.39, 0.29) is 11.3 Å². The lowest BCUT2D eigenvalue weighted by Gasteiger charge is -2.09. The summed E-state index contributed by atoms with van der Waals surface area (Å²) in [5.74, 6) is 0.426. The average Bonchev–Trinajstić information content (AvgIpc) is 2.59. The monoisotopic (exact) mass is 314 g/mol. The van der Waals surface area contributed by atoms with E-state index in [2.05, 4.69) is 15.5 Å². The van der Waals surface area contributed by atoms with Crippen LogP contribution in [-0.4, -0.2) is 24.0 Å². The van der Waals surface area contributed by atoms with Crippen molar-refractivity contribution in [1.29, 1.82) is 0 Å². The van der Waals surface area contributed by atoms with Crippen LogP contribution in [0.2, 0.25) is 0 Å². The van der Waals surface area contributed by atoms with Gasteiger partial charge in [-0.05, 0) is 54.9 Å². The molecule has 1 aromatic heterocycles. The third-order valence-electron chi connectivity index (χ3n) is 3.08. The average molecular weight is 314 g/mol. The van der Waals surface area contributed by atoms with Crippen LogP contribution in [0.3, 0.4) is 0 Å². The summed E-state index contributed by atoms with van der Waals surface area (Å²) in [5.41, 5.74) is 5.61. The summed E-state index contributed by atoms with van der Waals surface area (Å²) in [6.07, 6.45) is 3.24. The van der Waals surface area contributed by atoms with Crippen molar-refractivity contribution in [1.82, 2.24) is 4.98 Å². The van der Waals surface area contributed by atoms with E-state index in [9.17, 15) is 9.70 Å². The number of nitrogens with zero attached hydrogens (tertiary/aromatic N) is 2. The zero-order valence-corrected chi connectivity index (χ0v) is 12.6. The molecule has 1 amide bonds. The number of hydrogen-bond acceptors (Lipinski definition) is 6. The summed E-state index contributed by atoms with van der Waals surface area (Å²) in [5, 5.41) is 5.50. The van der Waals surface area contributed by atoms with E-state index in [0.29, 0.717) is 24.7 Å². The molecule has 0 bridgehead atoms. The number of nitrogens with one attached hydrogen (secondary N) is 1. The smallest absolute Gasteiger partial charge is 0.259 e. The quantitative estimate of drug-likeness (QED) is 0.575. The Morgan fingerprint density at radius 3 is 2.83 bits per heavy atom. The molecule has 23 heavy (non-hydrogen) atoms. The van der Waals surface area contributed by atoms with Gasteiger partial charge in [-0.3, -0.25) is 4.79 Å². The SMILES string of the molecule is NCCCCOc1ccc(N=O)c(C(=O)Nc2ccccn2)c1. The van der Waals surface area contributed by atoms with Gasteiger partial charge in [-0.15, -0.1) is 4.91 Å². The third kappa shape index (κ3) is 4.86. The highest BCUT2D eigenvalue weighted by molar-refractivity contribution is 6.07. The van der Waals surface area contributed by atoms with Gasteiger partial charge in [0.25, 0.3) is 5.91 Å². The lowest BCUT2D eigenvalue weighted by atomic mass is 10.1. The van der Waals surface area contributed by atoms with Crippen LogP contribution < -0.4 is 15.8 Å². The number of pyridine rings is 1. The van der Waals surface area contributed by atoms with E-state index in [1.54, 1.807) is 30.5 Å². The Morgan fingerprint density at radius 2 is 2.13 bits per heavy atom. The number of amides is 1. The maximum absolute atomic E-state index is 12.3. The first-order valence-electron chi connectivity index (χ1n) is 7.27. The van der Waals surface area contributed by atoms with Gasteiger partial charge in [-0.1, -0.05) is 6.07 Å². The second-order valence-corrected chi connectivity index (χ2v) is 4.78. The number of carbonyl (C=O) groups is 1. The second-order valence-electron chi connectivity index (χ2n) is 4.78. The maximum atomic E-state index is 12.3. The first-order valence-corrected chi connectivity index (χ1v) is 7.27. The molecular formula is C16H18N4O3. The van der Waals surface area contributed by atoms with E-state index < -0.39 is 5.91 Å². The molecule has 2 rings (SSSR count). The predicted molar refractivity (Wildman–Crippen MR) is 87.9 cm³/mol. The van der Waals surface area contributed by atoms with Crippen molar-refractivity contribution in [3.05, 3.63) is 53.1 Å². The number of ether oxygens (including phenoxy) is 1. The van der Waals surface area contributed by atoms with Crippen LogP contribution in [0, 0.1) is 4.91 Å². The van der Waals surface area contributed by atoms with Gasteiger partial charge in [-0.2, -0.15) is 0 Å². The Labute approximate surface area is 133 Å². The number of nitrogens with two attached hydrogens (primary N) is 1. The number of aromatic nitrogens is 1. The van der Waals surface area contributed by atoms with Gasteiger partial charge in [0, 0.05) is 6.20 Å². The fourth-order valence-electron chi connectivity index (χ4n) is 1.92. The fourth-order valence-corrected chi connectivity index (χ4v) is 1.92. The second kappa shape index (κ2) is 8.60. The van der Waals surface area contributed by atoms with E-state index >= 15 is 0 Å². The number of benzene rings is 1. The highest BCUT2D eigenvalue weighted by atomic mass is 16.5. The minimum atomic E-state index is -0.467. The molecule has 1 heterocycles. The van der Waals surface area contributed by atoms with Crippen molar-refractivity contribution < 1.29 is 9.53 Å². The molecule has 0 fully saturated rings. The summed E-state index contributed by atoms with van der Waals surface area (Å²) in [6, 6.07) is 9.70. The molecule has 0 aliphatic rings. The van der Waals surface area contributed by atoms with E-state index in [4.69, 9.17) is 10.5 Å². The normalized spacial score (nSPS) is 10.1. The number of rotatable bonds is 8. The van der Waals surface area contributed by atoms with Crippen LogP contribution in [0.15, 0.2) is 47.8 Å². The summed E-state index contributed by atoms with van der Waals surface area (Å²) < 4.78 is 5.55. The molecule has 2 aromatic rings. The van der Waals surface area contributed by atoms with Gasteiger partial charge in [-0.25, -0.2) is 4.98 Å². The van der Waals surface area contributed by atoms with Crippen molar-refractivity contribution in [3.8, 4) is 5.75 Å². The van der Waals surface area contributed by atoms with Gasteiger partial charge < -0.3 is 15.8 Å². The maximum Gasteiger partial charge on any atom is 0.259 e. The number of anilines is 1. The van der Waals surface area contributed by atoms with Crippen LogP contribution >= 0.6 is 0 Å². The number of carbonyl (C=O) groups excluding carboxylic acids is 1. The number of unbranched alkanes of at least 4 members (excludes halogenated alkanes) is 1. The van der Waals surface area contributed by atoms with Crippen LogP contribution in [0.5, 0.6) is 5.75 Å². The molecule has 0 saturated carbocycles. The first kappa shape index (κ1) is 16.6. The van der Waals surface area contributed by atoms with Gasteiger partial charge >= 0.3 is 0 Å². The Morgan fingerprint density at radius 1 is 1.26 bits per heavy atom. The van der Waals surface area contributed by atoms with Crippen LogP contribution in [0.4, 0.5) is 11.5 Å². The van der Waals surface area contributed by atoms with Crippen molar-refractivity contribution in [2.45, 2.75) is 12.8 Å². The van der Waals surface area contributed by atoms with Crippen molar-refractivity contribution >= 4 is 17.4 Å². The molecule has 120 valence electrons. The molecule has 0 unspecified atom stereocenters. The van der Waals surface area contributed by atoms with Crippen LogP contribution in [0.25, 0.3) is 0 Å². The minimum Gasteiger partial charge on any atom is -0.494 e. The highest BCUT2D eigenvalue weighted by Gasteiger charge is 2.14. The summed E-state index contributed by atoms with van der Waals surface area (Å²) in [6.45, 7) is 1.10. The molecule has 0 aliphatic carbocycles. The third-order valence-corrected chi connectivity index (χ3v) is 3.08. The Balaban J connectivity index is 2.11. The Kier molecular flexibility index (Phi) is 6.19. The van der Waals surface area contributed by atoms with E-state index in [0.717, 1.165) is 12.8 Å². The number of nitroso groups, excluding NO2 is 1. The van der Waals surface area contributed by atoms with E-state index in [1.165, 1.54) is 12.1 Å². The standard InChI is InChI=1S/C16H18N4O3/c17-8-2-4-10-23-12-6-7-14(20-22)13(11-12)16(21)19-15-5-1-3-9-18-15/h1,3,5-7,9,11H,2,4,8,10,17H2,(H,18,19,21).